The van der Waals surface area contributed by atoms with Gasteiger partial charge in [0.2, 0.25) is 0 Å². The molecule has 0 heterocycles. The van der Waals surface area contributed by atoms with Gasteiger partial charge in [-0.05, 0) is 25.8 Å². The molecule has 1 aliphatic rings. The Hall–Kier alpha value is -0.110. The van der Waals surface area contributed by atoms with Gasteiger partial charge >= 0.3 is 0 Å². The Kier molecular flexibility index (Phi) is 7.02. The van der Waals surface area contributed by atoms with E-state index in [0.717, 1.165) is 32.2 Å². The highest BCUT2D eigenvalue weighted by atomic mass is 19.1. The molecule has 16 heavy (non-hydrogen) atoms. The number of alkyl halides is 1. The van der Waals surface area contributed by atoms with Crippen LogP contribution in [0.4, 0.5) is 4.39 Å². The topological polar surface area (TPSA) is 12.0 Å². The molecule has 1 aliphatic carbocycles. The van der Waals surface area contributed by atoms with E-state index in [1.165, 1.54) is 38.5 Å². The SMILES string of the molecule is CCCCCCCNCC1(F)CCCCC1. The summed E-state index contributed by atoms with van der Waals surface area (Å²) in [5, 5.41) is 3.30. The maximum atomic E-state index is 14.1. The zero-order valence-corrected chi connectivity index (χ0v) is 10.9. The fraction of sp³-hybridized carbons (Fsp3) is 1.00. The molecule has 1 saturated carbocycles. The number of rotatable bonds is 8. The predicted octanol–water partition coefficient (Wildman–Crippen LogP) is 4.22. The van der Waals surface area contributed by atoms with Crippen LogP contribution < -0.4 is 5.32 Å². The maximum Gasteiger partial charge on any atom is 0.123 e. The molecule has 0 bridgehead atoms. The van der Waals surface area contributed by atoms with Gasteiger partial charge in [0.25, 0.3) is 0 Å². The van der Waals surface area contributed by atoms with E-state index in [9.17, 15) is 4.39 Å². The Bertz CT molecular complexity index is 164. The Balaban J connectivity index is 1.93. The second-order valence-electron chi connectivity index (χ2n) is 5.30. The number of unbranched alkanes of at least 4 members (excludes halogenated alkanes) is 4. The average Bonchev–Trinajstić information content (AvgIpc) is 2.29. The van der Waals surface area contributed by atoms with E-state index in [0.29, 0.717) is 6.54 Å². The second-order valence-corrected chi connectivity index (χ2v) is 5.30. The summed E-state index contributed by atoms with van der Waals surface area (Å²) in [5.41, 5.74) is -0.887. The molecule has 0 saturated heterocycles. The van der Waals surface area contributed by atoms with Crippen LogP contribution in [0.2, 0.25) is 0 Å². The molecule has 0 atom stereocenters. The highest BCUT2D eigenvalue weighted by Crippen LogP contribution is 2.30. The molecular weight excluding hydrogens is 201 g/mol. The molecule has 96 valence electrons. The molecule has 0 spiro atoms. The van der Waals surface area contributed by atoms with Gasteiger partial charge in [-0.15, -0.1) is 0 Å². The standard InChI is InChI=1S/C14H28FN/c1-2-3-4-5-9-12-16-13-14(15)10-7-6-8-11-14/h16H,2-13H2,1H3. The van der Waals surface area contributed by atoms with Crippen LogP contribution in [0.3, 0.4) is 0 Å². The molecule has 2 heteroatoms. The summed E-state index contributed by atoms with van der Waals surface area (Å²) in [4.78, 5) is 0. The largest absolute Gasteiger partial charge is 0.314 e. The summed E-state index contributed by atoms with van der Waals surface area (Å²) < 4.78 is 14.1. The van der Waals surface area contributed by atoms with E-state index >= 15 is 0 Å². The molecule has 1 rings (SSSR count). The lowest BCUT2D eigenvalue weighted by atomic mass is 9.86. The minimum atomic E-state index is -0.887. The number of hydrogen-bond acceptors (Lipinski definition) is 1. The molecule has 1 fully saturated rings. The van der Waals surface area contributed by atoms with Crippen molar-refractivity contribution in [2.24, 2.45) is 0 Å². The molecular formula is C14H28FN. The lowest BCUT2D eigenvalue weighted by molar-refractivity contribution is 0.105. The van der Waals surface area contributed by atoms with Gasteiger partial charge in [0.15, 0.2) is 0 Å². The van der Waals surface area contributed by atoms with E-state index in [4.69, 9.17) is 0 Å². The number of hydrogen-bond donors (Lipinski definition) is 1. The Morgan fingerprint density at radius 1 is 1.00 bits per heavy atom. The Labute approximate surface area is 100 Å². The van der Waals surface area contributed by atoms with Gasteiger partial charge in [-0.2, -0.15) is 0 Å². The quantitative estimate of drug-likeness (QED) is 0.614. The molecule has 0 aromatic rings. The zero-order valence-electron chi connectivity index (χ0n) is 10.9. The molecule has 1 nitrogen and oxygen atoms in total. The van der Waals surface area contributed by atoms with Crippen molar-refractivity contribution in [1.82, 2.24) is 5.32 Å². The van der Waals surface area contributed by atoms with E-state index in [2.05, 4.69) is 12.2 Å². The predicted molar refractivity (Wildman–Crippen MR) is 68.6 cm³/mol. The molecule has 0 aromatic heterocycles. The van der Waals surface area contributed by atoms with Crippen LogP contribution in [0.1, 0.15) is 71.1 Å². The molecule has 0 aromatic carbocycles. The lowest BCUT2D eigenvalue weighted by Crippen LogP contribution is -2.38. The Morgan fingerprint density at radius 2 is 1.69 bits per heavy atom. The van der Waals surface area contributed by atoms with Crippen molar-refractivity contribution in [3.05, 3.63) is 0 Å². The van der Waals surface area contributed by atoms with Gasteiger partial charge in [-0.3, -0.25) is 0 Å². The molecule has 0 aliphatic heterocycles. The van der Waals surface area contributed by atoms with Gasteiger partial charge in [0.1, 0.15) is 5.67 Å². The summed E-state index contributed by atoms with van der Waals surface area (Å²) in [6, 6.07) is 0. The summed E-state index contributed by atoms with van der Waals surface area (Å²) in [6.45, 7) is 3.81. The van der Waals surface area contributed by atoms with Crippen LogP contribution in [0, 0.1) is 0 Å². The fourth-order valence-corrected chi connectivity index (χ4v) is 2.53. The van der Waals surface area contributed by atoms with Crippen molar-refractivity contribution < 1.29 is 4.39 Å². The average molecular weight is 229 g/mol. The van der Waals surface area contributed by atoms with Gasteiger partial charge in [-0.25, -0.2) is 4.39 Å². The number of nitrogens with one attached hydrogen (secondary N) is 1. The molecule has 0 radical (unpaired) electrons. The van der Waals surface area contributed by atoms with Gasteiger partial charge in [0, 0.05) is 6.54 Å². The van der Waals surface area contributed by atoms with Gasteiger partial charge < -0.3 is 5.32 Å². The minimum Gasteiger partial charge on any atom is -0.314 e. The van der Waals surface area contributed by atoms with Crippen molar-refractivity contribution in [2.75, 3.05) is 13.1 Å². The minimum absolute atomic E-state index is 0.584. The fourth-order valence-electron chi connectivity index (χ4n) is 2.53. The zero-order chi connectivity index (χ0) is 11.7. The normalized spacial score (nSPS) is 19.9. The summed E-state index contributed by atoms with van der Waals surface area (Å²) in [5.74, 6) is 0. The van der Waals surface area contributed by atoms with E-state index < -0.39 is 5.67 Å². The lowest BCUT2D eigenvalue weighted by Gasteiger charge is -2.29. The van der Waals surface area contributed by atoms with Crippen molar-refractivity contribution in [1.29, 1.82) is 0 Å². The summed E-state index contributed by atoms with van der Waals surface area (Å²) >= 11 is 0. The summed E-state index contributed by atoms with van der Waals surface area (Å²) in [6.07, 6.45) is 11.4. The van der Waals surface area contributed by atoms with Crippen LogP contribution in [0.25, 0.3) is 0 Å². The molecule has 1 N–H and O–H groups in total. The van der Waals surface area contributed by atoms with Gasteiger partial charge in [-0.1, -0.05) is 51.9 Å². The first-order valence-electron chi connectivity index (χ1n) is 7.16. The maximum absolute atomic E-state index is 14.1. The van der Waals surface area contributed by atoms with Crippen molar-refractivity contribution >= 4 is 0 Å². The third kappa shape index (κ3) is 5.83. The highest BCUT2D eigenvalue weighted by Gasteiger charge is 2.30. The summed E-state index contributed by atoms with van der Waals surface area (Å²) in [7, 11) is 0. The van der Waals surface area contributed by atoms with Gasteiger partial charge in [0.05, 0.1) is 0 Å². The van der Waals surface area contributed by atoms with Crippen molar-refractivity contribution in [3.63, 3.8) is 0 Å². The first-order chi connectivity index (χ1) is 7.77. The van der Waals surface area contributed by atoms with Crippen LogP contribution >= 0.6 is 0 Å². The highest BCUT2D eigenvalue weighted by molar-refractivity contribution is 4.84. The smallest absolute Gasteiger partial charge is 0.123 e. The number of halogens is 1. The van der Waals surface area contributed by atoms with Crippen LogP contribution in [0.15, 0.2) is 0 Å². The monoisotopic (exact) mass is 229 g/mol. The van der Waals surface area contributed by atoms with Crippen LogP contribution in [-0.2, 0) is 0 Å². The van der Waals surface area contributed by atoms with Crippen LogP contribution in [0.5, 0.6) is 0 Å². The van der Waals surface area contributed by atoms with Crippen LogP contribution in [-0.4, -0.2) is 18.8 Å². The molecule has 0 amide bonds. The first kappa shape index (κ1) is 14.0. The second kappa shape index (κ2) is 8.05. The van der Waals surface area contributed by atoms with Crippen molar-refractivity contribution in [2.45, 2.75) is 76.8 Å². The van der Waals surface area contributed by atoms with Crippen molar-refractivity contribution in [3.8, 4) is 0 Å². The Morgan fingerprint density at radius 3 is 2.38 bits per heavy atom. The third-order valence-corrected chi connectivity index (χ3v) is 3.65. The van der Waals surface area contributed by atoms with E-state index in [-0.39, 0.29) is 0 Å². The first-order valence-corrected chi connectivity index (χ1v) is 7.16. The third-order valence-electron chi connectivity index (χ3n) is 3.65. The van der Waals surface area contributed by atoms with E-state index in [1.54, 1.807) is 0 Å². The van der Waals surface area contributed by atoms with E-state index in [1.807, 2.05) is 0 Å². The molecule has 0 unspecified atom stereocenters.